The summed E-state index contributed by atoms with van der Waals surface area (Å²) in [5.41, 5.74) is 1.67. The first-order valence-electron chi connectivity index (χ1n) is 6.72. The van der Waals surface area contributed by atoms with Crippen LogP contribution in [0.15, 0.2) is 6.07 Å². The van der Waals surface area contributed by atoms with Gasteiger partial charge in [0.2, 0.25) is 0 Å². The van der Waals surface area contributed by atoms with E-state index < -0.39 is 0 Å². The summed E-state index contributed by atoms with van der Waals surface area (Å²) in [5.74, 6) is 0.0981. The molecule has 0 aliphatic carbocycles. The average molecular weight is 250 g/mol. The Labute approximate surface area is 108 Å². The number of hydrogen-bond donors (Lipinski definition) is 1. The van der Waals surface area contributed by atoms with Gasteiger partial charge in [0.25, 0.3) is 5.91 Å². The first-order valence-corrected chi connectivity index (χ1v) is 6.72. The molecule has 0 saturated carbocycles. The summed E-state index contributed by atoms with van der Waals surface area (Å²) in [6.07, 6.45) is 1.90. The SMILES string of the molecule is CCc1cc(C(=O)N(CC)C2CCNC2)n(C)n1. The lowest BCUT2D eigenvalue weighted by atomic mass is 10.2. The molecule has 0 radical (unpaired) electrons. The molecule has 5 nitrogen and oxygen atoms in total. The molecule has 0 aromatic carbocycles. The fourth-order valence-corrected chi connectivity index (χ4v) is 2.52. The average Bonchev–Trinajstić information content (AvgIpc) is 2.99. The molecule has 18 heavy (non-hydrogen) atoms. The molecule has 2 heterocycles. The number of nitrogens with one attached hydrogen (secondary N) is 1. The molecule has 1 unspecified atom stereocenters. The summed E-state index contributed by atoms with van der Waals surface area (Å²) in [6, 6.07) is 2.23. The molecule has 2 rings (SSSR count). The number of rotatable bonds is 4. The van der Waals surface area contributed by atoms with Gasteiger partial charge in [-0.3, -0.25) is 9.48 Å². The van der Waals surface area contributed by atoms with Crippen LogP contribution in [0, 0.1) is 0 Å². The van der Waals surface area contributed by atoms with Crippen LogP contribution in [0.3, 0.4) is 0 Å². The van der Waals surface area contributed by atoms with Gasteiger partial charge in [0, 0.05) is 26.2 Å². The van der Waals surface area contributed by atoms with Crippen molar-refractivity contribution in [3.63, 3.8) is 0 Å². The highest BCUT2D eigenvalue weighted by Crippen LogP contribution is 2.14. The van der Waals surface area contributed by atoms with E-state index in [-0.39, 0.29) is 5.91 Å². The third kappa shape index (κ3) is 2.41. The summed E-state index contributed by atoms with van der Waals surface area (Å²) < 4.78 is 1.70. The molecule has 100 valence electrons. The number of carbonyl (C=O) groups excluding carboxylic acids is 1. The van der Waals surface area contributed by atoms with Crippen molar-refractivity contribution in [3.8, 4) is 0 Å². The topological polar surface area (TPSA) is 50.2 Å². The van der Waals surface area contributed by atoms with Crippen molar-refractivity contribution in [2.45, 2.75) is 32.7 Å². The van der Waals surface area contributed by atoms with Gasteiger partial charge < -0.3 is 10.2 Å². The molecule has 1 aromatic rings. The number of nitrogens with zero attached hydrogens (tertiary/aromatic N) is 3. The van der Waals surface area contributed by atoms with Crippen LogP contribution in [0.2, 0.25) is 0 Å². The van der Waals surface area contributed by atoms with Crippen molar-refractivity contribution in [2.24, 2.45) is 7.05 Å². The second-order valence-electron chi connectivity index (χ2n) is 4.74. The van der Waals surface area contributed by atoms with Crippen LogP contribution >= 0.6 is 0 Å². The van der Waals surface area contributed by atoms with Crippen LogP contribution in [-0.2, 0) is 13.5 Å². The van der Waals surface area contributed by atoms with E-state index >= 15 is 0 Å². The lowest BCUT2D eigenvalue weighted by Gasteiger charge is -2.27. The normalized spacial score (nSPS) is 19.2. The Morgan fingerprint density at radius 2 is 2.39 bits per heavy atom. The summed E-state index contributed by atoms with van der Waals surface area (Å²) in [7, 11) is 1.84. The van der Waals surface area contributed by atoms with Crippen LogP contribution in [-0.4, -0.2) is 46.3 Å². The number of amides is 1. The Balaban J connectivity index is 2.19. The molecule has 0 bridgehead atoms. The fraction of sp³-hybridized carbons (Fsp3) is 0.692. The summed E-state index contributed by atoms with van der Waals surface area (Å²) >= 11 is 0. The van der Waals surface area contributed by atoms with Crippen molar-refractivity contribution in [3.05, 3.63) is 17.5 Å². The molecule has 1 aliphatic heterocycles. The zero-order valence-corrected chi connectivity index (χ0v) is 11.4. The van der Waals surface area contributed by atoms with Crippen LogP contribution in [0.5, 0.6) is 0 Å². The Bertz CT molecular complexity index is 421. The molecule has 0 spiro atoms. The summed E-state index contributed by atoms with van der Waals surface area (Å²) in [4.78, 5) is 14.5. The van der Waals surface area contributed by atoms with E-state index in [0.29, 0.717) is 11.7 Å². The maximum absolute atomic E-state index is 12.6. The largest absolute Gasteiger partial charge is 0.333 e. The van der Waals surface area contributed by atoms with E-state index in [9.17, 15) is 4.79 Å². The number of aromatic nitrogens is 2. The molecule has 1 aromatic heterocycles. The Morgan fingerprint density at radius 3 is 2.89 bits per heavy atom. The summed E-state index contributed by atoms with van der Waals surface area (Å²) in [5, 5.41) is 7.66. The molecule has 1 fully saturated rings. The van der Waals surface area contributed by atoms with Crippen LogP contribution in [0.4, 0.5) is 0 Å². The minimum absolute atomic E-state index is 0.0981. The lowest BCUT2D eigenvalue weighted by molar-refractivity contribution is 0.0692. The van der Waals surface area contributed by atoms with E-state index in [4.69, 9.17) is 0 Å². The molecular weight excluding hydrogens is 228 g/mol. The first kappa shape index (κ1) is 13.1. The smallest absolute Gasteiger partial charge is 0.272 e. The molecule has 1 N–H and O–H groups in total. The van der Waals surface area contributed by atoms with Gasteiger partial charge in [-0.2, -0.15) is 5.10 Å². The van der Waals surface area contributed by atoms with Crippen molar-refractivity contribution < 1.29 is 4.79 Å². The summed E-state index contributed by atoms with van der Waals surface area (Å²) in [6.45, 7) is 6.73. The van der Waals surface area contributed by atoms with Gasteiger partial charge in [-0.1, -0.05) is 6.92 Å². The predicted octanol–water partition coefficient (Wildman–Crippen LogP) is 0.806. The Hall–Kier alpha value is -1.36. The minimum Gasteiger partial charge on any atom is -0.333 e. The zero-order valence-electron chi connectivity index (χ0n) is 11.4. The minimum atomic E-state index is 0.0981. The standard InChI is InChI=1S/C13H22N4O/c1-4-10-8-12(16(3)15-10)13(18)17(5-2)11-6-7-14-9-11/h8,11,14H,4-7,9H2,1-3H3. The van der Waals surface area contributed by atoms with Crippen molar-refractivity contribution in [2.75, 3.05) is 19.6 Å². The Kier molecular flexibility index (Phi) is 4.01. The van der Waals surface area contributed by atoms with Crippen molar-refractivity contribution in [1.82, 2.24) is 20.0 Å². The maximum atomic E-state index is 12.6. The van der Waals surface area contributed by atoms with E-state index in [1.54, 1.807) is 4.68 Å². The van der Waals surface area contributed by atoms with E-state index in [2.05, 4.69) is 17.3 Å². The van der Waals surface area contributed by atoms with Gasteiger partial charge in [-0.05, 0) is 32.4 Å². The van der Waals surface area contributed by atoms with Crippen LogP contribution in [0.25, 0.3) is 0 Å². The second-order valence-corrected chi connectivity index (χ2v) is 4.74. The molecule has 1 saturated heterocycles. The first-order chi connectivity index (χ1) is 8.67. The highest BCUT2D eigenvalue weighted by atomic mass is 16.2. The molecule has 1 atom stereocenters. The van der Waals surface area contributed by atoms with E-state index in [1.165, 1.54) is 0 Å². The van der Waals surface area contributed by atoms with E-state index in [1.807, 2.05) is 24.9 Å². The third-order valence-electron chi connectivity index (χ3n) is 3.59. The number of aryl methyl sites for hydroxylation is 2. The number of carbonyl (C=O) groups is 1. The quantitative estimate of drug-likeness (QED) is 0.860. The van der Waals surface area contributed by atoms with Gasteiger partial charge in [0.05, 0.1) is 5.69 Å². The number of hydrogen-bond acceptors (Lipinski definition) is 3. The second kappa shape index (κ2) is 5.52. The van der Waals surface area contributed by atoms with Crippen LogP contribution in [0.1, 0.15) is 36.5 Å². The molecule has 1 amide bonds. The van der Waals surface area contributed by atoms with Gasteiger partial charge in [-0.15, -0.1) is 0 Å². The van der Waals surface area contributed by atoms with Crippen molar-refractivity contribution in [1.29, 1.82) is 0 Å². The number of likely N-dealkylation sites (N-methyl/N-ethyl adjacent to an activating group) is 1. The highest BCUT2D eigenvalue weighted by molar-refractivity contribution is 5.93. The lowest BCUT2D eigenvalue weighted by Crippen LogP contribution is -2.42. The van der Waals surface area contributed by atoms with Gasteiger partial charge in [0.1, 0.15) is 5.69 Å². The molecule has 5 heteroatoms. The van der Waals surface area contributed by atoms with Crippen molar-refractivity contribution >= 4 is 5.91 Å². The van der Waals surface area contributed by atoms with Crippen LogP contribution < -0.4 is 5.32 Å². The van der Waals surface area contributed by atoms with Gasteiger partial charge >= 0.3 is 0 Å². The maximum Gasteiger partial charge on any atom is 0.272 e. The fourth-order valence-electron chi connectivity index (χ4n) is 2.52. The van der Waals surface area contributed by atoms with E-state index in [0.717, 1.165) is 38.2 Å². The molecule has 1 aliphatic rings. The van der Waals surface area contributed by atoms with Gasteiger partial charge in [0.15, 0.2) is 0 Å². The predicted molar refractivity (Wildman–Crippen MR) is 70.6 cm³/mol. The zero-order chi connectivity index (χ0) is 13.1. The van der Waals surface area contributed by atoms with Gasteiger partial charge in [-0.25, -0.2) is 0 Å². The molecular formula is C13H22N4O. The monoisotopic (exact) mass is 250 g/mol. The Morgan fingerprint density at radius 1 is 1.61 bits per heavy atom. The third-order valence-corrected chi connectivity index (χ3v) is 3.59. The highest BCUT2D eigenvalue weighted by Gasteiger charge is 2.27.